The first-order valence-electron chi connectivity index (χ1n) is 5.78. The van der Waals surface area contributed by atoms with E-state index in [-0.39, 0.29) is 24.3 Å². The molecule has 5 nitrogen and oxygen atoms in total. The zero-order valence-electron chi connectivity index (χ0n) is 9.93. The Labute approximate surface area is 113 Å². The standard InChI is InChI=1S/C12H14BrNO4/c1-7(12(16)17)6-14(8-2-3-8)11(15)9-4-5-10(13)18-9/h4-5,7-8H,2-3,6H2,1H3,(H,16,17)/t7-/m1/s1. The van der Waals surface area contributed by atoms with E-state index in [0.717, 1.165) is 12.8 Å². The summed E-state index contributed by atoms with van der Waals surface area (Å²) < 4.78 is 5.72. The van der Waals surface area contributed by atoms with Crippen LogP contribution in [-0.2, 0) is 4.79 Å². The molecule has 1 aromatic rings. The second-order valence-corrected chi connectivity index (χ2v) is 5.31. The second kappa shape index (κ2) is 5.14. The Morgan fingerprint density at radius 3 is 2.67 bits per heavy atom. The lowest BCUT2D eigenvalue weighted by atomic mass is 10.1. The van der Waals surface area contributed by atoms with Crippen LogP contribution in [0.25, 0.3) is 0 Å². The number of carbonyl (C=O) groups is 2. The van der Waals surface area contributed by atoms with Crippen LogP contribution in [0.4, 0.5) is 0 Å². The number of aliphatic carboxylic acids is 1. The Bertz CT molecular complexity index is 466. The third-order valence-corrected chi connectivity index (χ3v) is 3.35. The van der Waals surface area contributed by atoms with Gasteiger partial charge in [0.1, 0.15) is 0 Å². The molecule has 1 fully saturated rings. The first-order valence-corrected chi connectivity index (χ1v) is 6.57. The van der Waals surface area contributed by atoms with Crippen LogP contribution in [0.5, 0.6) is 0 Å². The van der Waals surface area contributed by atoms with Gasteiger partial charge in [-0.05, 0) is 40.9 Å². The van der Waals surface area contributed by atoms with Crippen molar-refractivity contribution in [2.24, 2.45) is 5.92 Å². The van der Waals surface area contributed by atoms with Crippen molar-refractivity contribution in [3.05, 3.63) is 22.6 Å². The molecule has 98 valence electrons. The van der Waals surface area contributed by atoms with Crippen LogP contribution in [0.1, 0.15) is 30.3 Å². The van der Waals surface area contributed by atoms with Gasteiger partial charge in [-0.2, -0.15) is 0 Å². The molecule has 1 aliphatic carbocycles. The lowest BCUT2D eigenvalue weighted by molar-refractivity contribution is -0.141. The van der Waals surface area contributed by atoms with Gasteiger partial charge < -0.3 is 14.4 Å². The highest BCUT2D eigenvalue weighted by molar-refractivity contribution is 9.10. The Morgan fingerprint density at radius 2 is 2.22 bits per heavy atom. The summed E-state index contributed by atoms with van der Waals surface area (Å²) in [5.74, 6) is -1.47. The molecule has 0 aliphatic heterocycles. The molecule has 1 aromatic heterocycles. The van der Waals surface area contributed by atoms with E-state index >= 15 is 0 Å². The highest BCUT2D eigenvalue weighted by Crippen LogP contribution is 2.29. The van der Waals surface area contributed by atoms with Crippen molar-refractivity contribution in [3.63, 3.8) is 0 Å². The second-order valence-electron chi connectivity index (χ2n) is 4.53. The summed E-state index contributed by atoms with van der Waals surface area (Å²) in [6, 6.07) is 3.40. The summed E-state index contributed by atoms with van der Waals surface area (Å²) >= 11 is 3.14. The predicted octanol–water partition coefficient (Wildman–Crippen LogP) is 2.37. The quantitative estimate of drug-likeness (QED) is 0.905. The van der Waals surface area contributed by atoms with Crippen molar-refractivity contribution in [2.75, 3.05) is 6.54 Å². The average molecular weight is 316 g/mol. The number of rotatable bonds is 5. The molecule has 18 heavy (non-hydrogen) atoms. The van der Waals surface area contributed by atoms with Gasteiger partial charge in [0.2, 0.25) is 0 Å². The van der Waals surface area contributed by atoms with Crippen molar-refractivity contribution in [1.29, 1.82) is 0 Å². The summed E-state index contributed by atoms with van der Waals surface area (Å²) in [5.41, 5.74) is 0. The molecule has 0 unspecified atom stereocenters. The summed E-state index contributed by atoms with van der Waals surface area (Å²) in [6.45, 7) is 1.82. The van der Waals surface area contributed by atoms with Gasteiger partial charge in [0.15, 0.2) is 10.4 Å². The molecule has 1 atom stereocenters. The minimum atomic E-state index is -0.894. The number of amides is 1. The SMILES string of the molecule is C[C@H](CN(C(=O)c1ccc(Br)o1)C1CC1)C(=O)O. The number of hydrogen-bond acceptors (Lipinski definition) is 3. The number of carboxylic acids is 1. The maximum atomic E-state index is 12.2. The van der Waals surface area contributed by atoms with Gasteiger partial charge in [0, 0.05) is 12.6 Å². The van der Waals surface area contributed by atoms with Crippen LogP contribution in [0.15, 0.2) is 21.2 Å². The van der Waals surface area contributed by atoms with E-state index in [1.54, 1.807) is 24.0 Å². The fraction of sp³-hybridized carbons (Fsp3) is 0.500. The van der Waals surface area contributed by atoms with E-state index in [4.69, 9.17) is 9.52 Å². The topological polar surface area (TPSA) is 70.8 Å². The highest BCUT2D eigenvalue weighted by Gasteiger charge is 2.35. The van der Waals surface area contributed by atoms with E-state index in [0.29, 0.717) is 4.67 Å². The van der Waals surface area contributed by atoms with Crippen molar-refractivity contribution >= 4 is 27.8 Å². The zero-order chi connectivity index (χ0) is 13.3. The first-order chi connectivity index (χ1) is 8.49. The van der Waals surface area contributed by atoms with E-state index < -0.39 is 11.9 Å². The van der Waals surface area contributed by atoms with Crippen molar-refractivity contribution in [3.8, 4) is 0 Å². The molecule has 1 N–H and O–H groups in total. The van der Waals surface area contributed by atoms with Crippen LogP contribution in [0.2, 0.25) is 0 Å². The highest BCUT2D eigenvalue weighted by atomic mass is 79.9. The monoisotopic (exact) mass is 315 g/mol. The Morgan fingerprint density at radius 1 is 1.56 bits per heavy atom. The molecular formula is C12H14BrNO4. The number of halogens is 1. The van der Waals surface area contributed by atoms with E-state index in [1.807, 2.05) is 0 Å². The molecule has 0 saturated heterocycles. The van der Waals surface area contributed by atoms with Crippen LogP contribution in [0, 0.1) is 5.92 Å². The third-order valence-electron chi connectivity index (χ3n) is 2.92. The fourth-order valence-electron chi connectivity index (χ4n) is 1.73. The van der Waals surface area contributed by atoms with Gasteiger partial charge >= 0.3 is 5.97 Å². The molecule has 6 heteroatoms. The van der Waals surface area contributed by atoms with Crippen molar-refractivity contribution in [1.82, 2.24) is 4.90 Å². The number of nitrogens with zero attached hydrogens (tertiary/aromatic N) is 1. The molecule has 0 radical (unpaired) electrons. The van der Waals surface area contributed by atoms with Crippen molar-refractivity contribution < 1.29 is 19.1 Å². The maximum absolute atomic E-state index is 12.2. The van der Waals surface area contributed by atoms with Gasteiger partial charge in [-0.15, -0.1) is 0 Å². The molecule has 0 spiro atoms. The largest absolute Gasteiger partial charge is 0.481 e. The number of hydrogen-bond donors (Lipinski definition) is 1. The molecule has 1 saturated carbocycles. The van der Waals surface area contributed by atoms with E-state index in [2.05, 4.69) is 15.9 Å². The minimum Gasteiger partial charge on any atom is -0.481 e. The number of carboxylic acid groups (broad SMARTS) is 1. The smallest absolute Gasteiger partial charge is 0.308 e. The fourth-order valence-corrected chi connectivity index (χ4v) is 2.03. The zero-order valence-corrected chi connectivity index (χ0v) is 11.5. The number of carbonyl (C=O) groups excluding carboxylic acids is 1. The van der Waals surface area contributed by atoms with Crippen molar-refractivity contribution in [2.45, 2.75) is 25.8 Å². The minimum absolute atomic E-state index is 0.156. The van der Waals surface area contributed by atoms with Gasteiger partial charge in [-0.3, -0.25) is 9.59 Å². The van der Waals surface area contributed by atoms with Gasteiger partial charge in [-0.1, -0.05) is 6.92 Å². The normalized spacial score (nSPS) is 16.3. The molecule has 1 heterocycles. The lowest BCUT2D eigenvalue weighted by Gasteiger charge is -2.23. The van der Waals surface area contributed by atoms with Gasteiger partial charge in [0.05, 0.1) is 5.92 Å². The maximum Gasteiger partial charge on any atom is 0.308 e. The van der Waals surface area contributed by atoms with Crippen LogP contribution in [-0.4, -0.2) is 34.5 Å². The van der Waals surface area contributed by atoms with Crippen LogP contribution in [0.3, 0.4) is 0 Å². The molecule has 1 amide bonds. The summed E-state index contributed by atoms with van der Waals surface area (Å²) in [7, 11) is 0. The molecule has 0 bridgehead atoms. The van der Waals surface area contributed by atoms with E-state index in [1.165, 1.54) is 0 Å². The van der Waals surface area contributed by atoms with Gasteiger partial charge in [0.25, 0.3) is 5.91 Å². The Kier molecular flexibility index (Phi) is 3.75. The molecule has 2 rings (SSSR count). The molecule has 0 aromatic carbocycles. The average Bonchev–Trinajstić information content (AvgIpc) is 3.07. The summed E-state index contributed by atoms with van der Waals surface area (Å²) in [4.78, 5) is 24.7. The lowest BCUT2D eigenvalue weighted by Crippen LogP contribution is -2.38. The van der Waals surface area contributed by atoms with Gasteiger partial charge in [-0.25, -0.2) is 0 Å². The first kappa shape index (κ1) is 13.1. The summed E-state index contributed by atoms with van der Waals surface area (Å²) in [6.07, 6.45) is 1.86. The Hall–Kier alpha value is -1.30. The van der Waals surface area contributed by atoms with E-state index in [9.17, 15) is 9.59 Å². The molecular weight excluding hydrogens is 302 g/mol. The van der Waals surface area contributed by atoms with Crippen LogP contribution < -0.4 is 0 Å². The number of furan rings is 1. The third kappa shape index (κ3) is 2.93. The Balaban J connectivity index is 2.10. The van der Waals surface area contributed by atoms with Crippen LogP contribution >= 0.6 is 15.9 Å². The molecule has 1 aliphatic rings. The predicted molar refractivity (Wildman–Crippen MR) is 67.3 cm³/mol. The summed E-state index contributed by atoms with van der Waals surface area (Å²) in [5, 5.41) is 8.92.